The van der Waals surface area contributed by atoms with Crippen molar-refractivity contribution in [2.24, 2.45) is 0 Å². The molecule has 132 valence electrons. The predicted octanol–water partition coefficient (Wildman–Crippen LogP) is 4.95. The summed E-state index contributed by atoms with van der Waals surface area (Å²) >= 11 is 7.04. The molecule has 2 aromatic carbocycles. The van der Waals surface area contributed by atoms with E-state index in [-0.39, 0.29) is 22.6 Å². The number of rotatable bonds is 7. The molecule has 0 aliphatic rings. The molecule has 0 spiro atoms. The van der Waals surface area contributed by atoms with Crippen molar-refractivity contribution in [1.82, 2.24) is 0 Å². The number of amides is 2. The summed E-state index contributed by atoms with van der Waals surface area (Å²) in [5.41, 5.74) is 1.18. The molecule has 4 nitrogen and oxygen atoms in total. The van der Waals surface area contributed by atoms with Crippen LogP contribution in [0.25, 0.3) is 0 Å². The van der Waals surface area contributed by atoms with Crippen molar-refractivity contribution in [2.75, 3.05) is 16.4 Å². The molecule has 0 unspecified atom stereocenters. The van der Waals surface area contributed by atoms with Crippen LogP contribution in [0.3, 0.4) is 0 Å². The third kappa shape index (κ3) is 6.40. The van der Waals surface area contributed by atoms with Gasteiger partial charge in [0, 0.05) is 22.7 Å². The Kier molecular flexibility index (Phi) is 7.28. The van der Waals surface area contributed by atoms with Crippen molar-refractivity contribution in [2.45, 2.75) is 24.7 Å². The zero-order valence-corrected chi connectivity index (χ0v) is 15.2. The van der Waals surface area contributed by atoms with Crippen molar-refractivity contribution >= 4 is 46.6 Å². The summed E-state index contributed by atoms with van der Waals surface area (Å²) in [6, 6.07) is 11.3. The van der Waals surface area contributed by atoms with Gasteiger partial charge in [-0.2, -0.15) is 0 Å². The quantitative estimate of drug-likeness (QED) is 0.668. The first kappa shape index (κ1) is 19.3. The molecule has 2 aromatic rings. The molecule has 0 radical (unpaired) electrons. The zero-order valence-electron chi connectivity index (χ0n) is 13.6. The maximum absolute atomic E-state index is 13.1. The highest BCUT2D eigenvalue weighted by Gasteiger charge is 2.07. The van der Waals surface area contributed by atoms with E-state index in [2.05, 4.69) is 10.6 Å². The van der Waals surface area contributed by atoms with Crippen molar-refractivity contribution in [3.63, 3.8) is 0 Å². The Hall–Kier alpha value is -2.05. The number of thioether (sulfide) groups is 1. The lowest BCUT2D eigenvalue weighted by Crippen LogP contribution is -2.14. The molecule has 0 aromatic heterocycles. The fourth-order valence-corrected chi connectivity index (χ4v) is 2.88. The van der Waals surface area contributed by atoms with Gasteiger partial charge in [0.25, 0.3) is 0 Å². The number of hydrogen-bond acceptors (Lipinski definition) is 3. The van der Waals surface area contributed by atoms with E-state index in [1.165, 1.54) is 30.0 Å². The van der Waals surface area contributed by atoms with Crippen molar-refractivity contribution in [3.05, 3.63) is 53.3 Å². The van der Waals surface area contributed by atoms with Gasteiger partial charge in [0.1, 0.15) is 5.82 Å². The van der Waals surface area contributed by atoms with Crippen molar-refractivity contribution in [1.29, 1.82) is 0 Å². The summed E-state index contributed by atoms with van der Waals surface area (Å²) in [5, 5.41) is 5.43. The van der Waals surface area contributed by atoms with E-state index in [1.54, 1.807) is 12.1 Å². The second-order valence-electron chi connectivity index (χ2n) is 5.29. The topological polar surface area (TPSA) is 58.2 Å². The molecule has 0 aliphatic heterocycles. The van der Waals surface area contributed by atoms with Gasteiger partial charge in [-0.3, -0.25) is 9.59 Å². The monoisotopic (exact) mass is 380 g/mol. The second-order valence-corrected chi connectivity index (χ2v) is 6.74. The molecule has 0 aliphatic carbocycles. The summed E-state index contributed by atoms with van der Waals surface area (Å²) in [4.78, 5) is 24.4. The molecule has 7 heteroatoms. The van der Waals surface area contributed by atoms with Gasteiger partial charge in [-0.15, -0.1) is 11.8 Å². The molecule has 0 atom stereocenters. The molecule has 0 bridgehead atoms. The van der Waals surface area contributed by atoms with Gasteiger partial charge in [0.2, 0.25) is 11.8 Å². The Morgan fingerprint density at radius 1 is 1.04 bits per heavy atom. The van der Waals surface area contributed by atoms with Crippen LogP contribution < -0.4 is 10.6 Å². The van der Waals surface area contributed by atoms with Crippen LogP contribution in [-0.2, 0) is 9.59 Å². The van der Waals surface area contributed by atoms with Crippen LogP contribution in [-0.4, -0.2) is 17.6 Å². The Balaban J connectivity index is 1.83. The van der Waals surface area contributed by atoms with Gasteiger partial charge in [-0.1, -0.05) is 18.5 Å². The first-order valence-corrected chi connectivity index (χ1v) is 9.12. The number of carbonyl (C=O) groups excluding carboxylic acids is 2. The van der Waals surface area contributed by atoms with Crippen LogP contribution in [0.15, 0.2) is 47.4 Å². The number of carbonyl (C=O) groups is 2. The van der Waals surface area contributed by atoms with Crippen LogP contribution >= 0.6 is 23.4 Å². The standard InChI is InChI=1S/C18H18ClFN2O2S/c1-2-3-17(23)21-12-4-7-14(8-5-12)25-11-18(24)22-13-6-9-16(20)15(19)10-13/h4-10H,2-3,11H2,1H3,(H,21,23)(H,22,24). The van der Waals surface area contributed by atoms with Crippen LogP contribution in [0.2, 0.25) is 5.02 Å². The van der Waals surface area contributed by atoms with E-state index in [4.69, 9.17) is 11.6 Å². The Labute approximate surface area is 155 Å². The molecule has 2 rings (SSSR count). The average Bonchev–Trinajstić information content (AvgIpc) is 2.58. The van der Waals surface area contributed by atoms with Gasteiger partial charge in [0.15, 0.2) is 0 Å². The van der Waals surface area contributed by atoms with Gasteiger partial charge >= 0.3 is 0 Å². The fraction of sp³-hybridized carbons (Fsp3) is 0.222. The molecular weight excluding hydrogens is 363 g/mol. The Morgan fingerprint density at radius 2 is 1.68 bits per heavy atom. The maximum atomic E-state index is 13.1. The second kappa shape index (κ2) is 9.44. The van der Waals surface area contributed by atoms with Crippen LogP contribution in [0.1, 0.15) is 19.8 Å². The summed E-state index contributed by atoms with van der Waals surface area (Å²) in [6.45, 7) is 1.95. The van der Waals surface area contributed by atoms with Gasteiger partial charge in [-0.05, 0) is 48.9 Å². The van der Waals surface area contributed by atoms with Crippen LogP contribution in [0, 0.1) is 5.82 Å². The molecule has 0 heterocycles. The zero-order chi connectivity index (χ0) is 18.2. The lowest BCUT2D eigenvalue weighted by atomic mass is 10.3. The highest BCUT2D eigenvalue weighted by Crippen LogP contribution is 2.22. The van der Waals surface area contributed by atoms with Gasteiger partial charge in [-0.25, -0.2) is 4.39 Å². The normalized spacial score (nSPS) is 10.4. The third-order valence-corrected chi connectivity index (χ3v) is 4.49. The summed E-state index contributed by atoms with van der Waals surface area (Å²) < 4.78 is 13.1. The number of nitrogens with one attached hydrogen (secondary N) is 2. The lowest BCUT2D eigenvalue weighted by molar-refractivity contribution is -0.116. The number of halogens is 2. The minimum atomic E-state index is -0.528. The maximum Gasteiger partial charge on any atom is 0.234 e. The predicted molar refractivity (Wildman–Crippen MR) is 101 cm³/mol. The van der Waals surface area contributed by atoms with Gasteiger partial charge < -0.3 is 10.6 Å². The Bertz CT molecular complexity index is 753. The van der Waals surface area contributed by atoms with Crippen LogP contribution in [0.5, 0.6) is 0 Å². The van der Waals surface area contributed by atoms with Gasteiger partial charge in [0.05, 0.1) is 10.8 Å². The summed E-state index contributed by atoms with van der Waals surface area (Å²) in [7, 11) is 0. The van der Waals surface area contributed by atoms with E-state index < -0.39 is 5.82 Å². The highest BCUT2D eigenvalue weighted by atomic mass is 35.5. The van der Waals surface area contributed by atoms with E-state index >= 15 is 0 Å². The number of anilines is 2. The molecule has 2 amide bonds. The SMILES string of the molecule is CCCC(=O)Nc1ccc(SCC(=O)Nc2ccc(F)c(Cl)c2)cc1. The summed E-state index contributed by atoms with van der Waals surface area (Å²) in [6.07, 6.45) is 1.29. The Morgan fingerprint density at radius 3 is 2.32 bits per heavy atom. The average molecular weight is 381 g/mol. The molecule has 2 N–H and O–H groups in total. The van der Waals surface area contributed by atoms with Crippen LogP contribution in [0.4, 0.5) is 15.8 Å². The molecule has 0 saturated heterocycles. The lowest BCUT2D eigenvalue weighted by Gasteiger charge is -2.07. The largest absolute Gasteiger partial charge is 0.326 e. The molecule has 0 saturated carbocycles. The first-order valence-electron chi connectivity index (χ1n) is 7.75. The molecule has 0 fully saturated rings. The number of benzene rings is 2. The molecule has 25 heavy (non-hydrogen) atoms. The third-order valence-electron chi connectivity index (χ3n) is 3.19. The van der Waals surface area contributed by atoms with E-state index in [1.807, 2.05) is 19.1 Å². The van der Waals surface area contributed by atoms with E-state index in [0.29, 0.717) is 12.1 Å². The smallest absolute Gasteiger partial charge is 0.234 e. The van der Waals surface area contributed by atoms with Crippen molar-refractivity contribution < 1.29 is 14.0 Å². The highest BCUT2D eigenvalue weighted by molar-refractivity contribution is 8.00. The fourth-order valence-electron chi connectivity index (χ4n) is 2.00. The minimum absolute atomic E-state index is 0.0137. The van der Waals surface area contributed by atoms with E-state index in [0.717, 1.165) is 17.0 Å². The first-order chi connectivity index (χ1) is 12.0. The minimum Gasteiger partial charge on any atom is -0.326 e. The van der Waals surface area contributed by atoms with Crippen molar-refractivity contribution in [3.8, 4) is 0 Å². The summed E-state index contributed by atoms with van der Waals surface area (Å²) in [5.74, 6) is -0.551. The number of hydrogen-bond donors (Lipinski definition) is 2. The van der Waals surface area contributed by atoms with E-state index in [9.17, 15) is 14.0 Å². The molecular formula is C18H18ClFN2O2S.